The van der Waals surface area contributed by atoms with Crippen molar-refractivity contribution >= 4 is 27.3 Å². The van der Waals surface area contributed by atoms with Crippen molar-refractivity contribution in [2.75, 3.05) is 36.7 Å². The molecule has 0 radical (unpaired) electrons. The van der Waals surface area contributed by atoms with E-state index in [1.54, 1.807) is 36.4 Å². The van der Waals surface area contributed by atoms with E-state index in [-0.39, 0.29) is 5.69 Å². The molecule has 0 saturated carbocycles. The molecule has 9 heteroatoms. The molecule has 2 aromatic carbocycles. The maximum absolute atomic E-state index is 12.9. The van der Waals surface area contributed by atoms with E-state index in [0.717, 1.165) is 10.6 Å². The fourth-order valence-electron chi connectivity index (χ4n) is 2.84. The molecule has 2 rings (SSSR count). The largest absolute Gasteiger partial charge is 0.497 e. The van der Waals surface area contributed by atoms with Crippen LogP contribution in [0.4, 0.5) is 11.4 Å². The molecule has 1 N–H and O–H groups in total. The van der Waals surface area contributed by atoms with Crippen molar-refractivity contribution in [3.63, 3.8) is 0 Å². The maximum Gasteiger partial charge on any atom is 0.248 e. The van der Waals surface area contributed by atoms with Gasteiger partial charge in [-0.25, -0.2) is 8.42 Å². The van der Waals surface area contributed by atoms with Gasteiger partial charge in [-0.1, -0.05) is 12.1 Å². The summed E-state index contributed by atoms with van der Waals surface area (Å²) < 4.78 is 42.2. The normalized spacial score (nSPS) is 12.0. The minimum atomic E-state index is -3.83. The maximum atomic E-state index is 12.9. The van der Waals surface area contributed by atoms with Crippen LogP contribution < -0.4 is 23.8 Å². The molecule has 0 bridgehead atoms. The van der Waals surface area contributed by atoms with E-state index in [9.17, 15) is 13.2 Å². The molecule has 0 aliphatic heterocycles. The van der Waals surface area contributed by atoms with Crippen LogP contribution in [-0.2, 0) is 14.8 Å². The lowest BCUT2D eigenvalue weighted by atomic mass is 10.2. The number of amides is 1. The van der Waals surface area contributed by atoms with Crippen LogP contribution in [0.2, 0.25) is 0 Å². The van der Waals surface area contributed by atoms with Crippen molar-refractivity contribution in [1.82, 2.24) is 0 Å². The van der Waals surface area contributed by atoms with E-state index >= 15 is 0 Å². The summed E-state index contributed by atoms with van der Waals surface area (Å²) >= 11 is 0. The van der Waals surface area contributed by atoms with Gasteiger partial charge in [0.25, 0.3) is 0 Å². The predicted molar refractivity (Wildman–Crippen MR) is 113 cm³/mol. The first-order valence-corrected chi connectivity index (χ1v) is 10.8. The first-order chi connectivity index (χ1) is 13.7. The van der Waals surface area contributed by atoms with Crippen molar-refractivity contribution in [3.05, 3.63) is 42.5 Å². The molecule has 0 aliphatic carbocycles. The third-order valence-corrected chi connectivity index (χ3v) is 5.38. The second kappa shape index (κ2) is 9.51. The van der Waals surface area contributed by atoms with Gasteiger partial charge < -0.3 is 19.5 Å². The van der Waals surface area contributed by atoms with Crippen LogP contribution in [0.15, 0.2) is 42.5 Å². The number of anilines is 2. The minimum Gasteiger partial charge on any atom is -0.497 e. The Labute approximate surface area is 171 Å². The van der Waals surface area contributed by atoms with Gasteiger partial charge in [0.05, 0.1) is 38.5 Å². The van der Waals surface area contributed by atoms with Gasteiger partial charge in [-0.3, -0.25) is 9.10 Å². The SMILES string of the molecule is CCOc1ccccc1NC(=O)[C@@H](C)N(c1cc(OC)ccc1OC)S(C)(=O)=O. The second-order valence-electron chi connectivity index (χ2n) is 6.19. The monoisotopic (exact) mass is 422 g/mol. The molecule has 8 nitrogen and oxygen atoms in total. The van der Waals surface area contributed by atoms with Gasteiger partial charge in [0, 0.05) is 6.07 Å². The highest BCUT2D eigenvalue weighted by Gasteiger charge is 2.32. The first kappa shape index (κ1) is 22.4. The third kappa shape index (κ3) is 5.32. The molecule has 0 unspecified atom stereocenters. The lowest BCUT2D eigenvalue weighted by Gasteiger charge is -2.29. The Kier molecular flexibility index (Phi) is 7.33. The molecule has 29 heavy (non-hydrogen) atoms. The number of nitrogens with zero attached hydrogens (tertiary/aromatic N) is 1. The molecule has 0 saturated heterocycles. The molecule has 0 aliphatic rings. The van der Waals surface area contributed by atoms with Crippen LogP contribution in [0, 0.1) is 0 Å². The molecule has 0 aromatic heterocycles. The van der Waals surface area contributed by atoms with Gasteiger partial charge in [0.2, 0.25) is 15.9 Å². The minimum absolute atomic E-state index is 0.204. The van der Waals surface area contributed by atoms with Crippen molar-refractivity contribution in [2.45, 2.75) is 19.9 Å². The van der Waals surface area contributed by atoms with E-state index < -0.39 is 22.0 Å². The number of benzene rings is 2. The zero-order chi connectivity index (χ0) is 21.6. The quantitative estimate of drug-likeness (QED) is 0.668. The zero-order valence-electron chi connectivity index (χ0n) is 17.1. The highest BCUT2D eigenvalue weighted by atomic mass is 32.2. The number of hydrogen-bond donors (Lipinski definition) is 1. The molecule has 158 valence electrons. The van der Waals surface area contributed by atoms with Gasteiger partial charge >= 0.3 is 0 Å². The molecular formula is C20H26N2O6S. The Morgan fingerprint density at radius 2 is 1.79 bits per heavy atom. The van der Waals surface area contributed by atoms with E-state index in [2.05, 4.69) is 5.32 Å². The topological polar surface area (TPSA) is 94.2 Å². The molecular weight excluding hydrogens is 396 g/mol. The van der Waals surface area contributed by atoms with Gasteiger partial charge in [-0.05, 0) is 38.1 Å². The standard InChI is InChI=1S/C20H26N2O6S/c1-6-28-18-10-8-7-9-16(18)21-20(23)14(2)22(29(5,24)25)17-13-15(26-3)11-12-19(17)27-4/h7-14H,6H2,1-5H3,(H,21,23)/t14-/m1/s1. The van der Waals surface area contributed by atoms with Gasteiger partial charge in [0.15, 0.2) is 0 Å². The second-order valence-corrected chi connectivity index (χ2v) is 8.05. The van der Waals surface area contributed by atoms with Crippen LogP contribution >= 0.6 is 0 Å². The zero-order valence-corrected chi connectivity index (χ0v) is 17.9. The lowest BCUT2D eigenvalue weighted by molar-refractivity contribution is -0.116. The van der Waals surface area contributed by atoms with E-state index in [0.29, 0.717) is 29.5 Å². The van der Waals surface area contributed by atoms with Crippen molar-refractivity contribution in [2.24, 2.45) is 0 Å². The summed E-state index contributed by atoms with van der Waals surface area (Å²) in [6.45, 7) is 3.76. The molecule has 0 heterocycles. The average Bonchev–Trinajstić information content (AvgIpc) is 2.68. The highest BCUT2D eigenvalue weighted by Crippen LogP contribution is 2.35. The van der Waals surface area contributed by atoms with Crippen LogP contribution in [0.5, 0.6) is 17.2 Å². The number of carbonyl (C=O) groups is 1. The van der Waals surface area contributed by atoms with Gasteiger partial charge in [-0.2, -0.15) is 0 Å². The Hall–Kier alpha value is -2.94. The molecule has 0 fully saturated rings. The fraction of sp³-hybridized carbons (Fsp3) is 0.350. The summed E-state index contributed by atoms with van der Waals surface area (Å²) in [5, 5.41) is 2.74. The third-order valence-electron chi connectivity index (χ3n) is 4.16. The van der Waals surface area contributed by atoms with Crippen molar-refractivity contribution in [3.8, 4) is 17.2 Å². The van der Waals surface area contributed by atoms with Crippen molar-refractivity contribution < 1.29 is 27.4 Å². The molecule has 1 atom stereocenters. The first-order valence-electron chi connectivity index (χ1n) is 8.97. The molecule has 1 amide bonds. The lowest BCUT2D eigenvalue weighted by Crippen LogP contribution is -2.45. The van der Waals surface area contributed by atoms with Crippen LogP contribution in [-0.4, -0.2) is 47.4 Å². The average molecular weight is 423 g/mol. The van der Waals surface area contributed by atoms with E-state index in [1.807, 2.05) is 6.92 Å². The summed E-state index contributed by atoms with van der Waals surface area (Å²) in [6, 6.07) is 10.6. The number of hydrogen-bond acceptors (Lipinski definition) is 6. The summed E-state index contributed by atoms with van der Waals surface area (Å²) in [6.07, 6.45) is 1.03. The summed E-state index contributed by atoms with van der Waals surface area (Å²) in [5.41, 5.74) is 0.660. The number of ether oxygens (including phenoxy) is 3. The smallest absolute Gasteiger partial charge is 0.248 e. The number of nitrogens with one attached hydrogen (secondary N) is 1. The molecule has 0 spiro atoms. The van der Waals surface area contributed by atoms with E-state index in [4.69, 9.17) is 14.2 Å². The fourth-order valence-corrected chi connectivity index (χ4v) is 4.01. The number of methoxy groups -OCH3 is 2. The van der Waals surface area contributed by atoms with E-state index in [1.165, 1.54) is 27.2 Å². The Morgan fingerprint density at radius 3 is 2.38 bits per heavy atom. The van der Waals surface area contributed by atoms with Gasteiger partial charge in [-0.15, -0.1) is 0 Å². The number of para-hydroxylation sites is 2. The Morgan fingerprint density at radius 1 is 1.10 bits per heavy atom. The number of carbonyl (C=O) groups excluding carboxylic acids is 1. The van der Waals surface area contributed by atoms with Crippen LogP contribution in [0.3, 0.4) is 0 Å². The Bertz CT molecular complexity index is 961. The predicted octanol–water partition coefficient (Wildman–Crippen LogP) is 2.90. The van der Waals surface area contributed by atoms with Crippen molar-refractivity contribution in [1.29, 1.82) is 0 Å². The Balaban J connectivity index is 2.43. The van der Waals surface area contributed by atoms with Crippen LogP contribution in [0.25, 0.3) is 0 Å². The highest BCUT2D eigenvalue weighted by molar-refractivity contribution is 7.92. The summed E-state index contributed by atoms with van der Waals surface area (Å²) in [5.74, 6) is 0.710. The summed E-state index contributed by atoms with van der Waals surface area (Å²) in [4.78, 5) is 12.9. The van der Waals surface area contributed by atoms with Gasteiger partial charge in [0.1, 0.15) is 23.3 Å². The number of rotatable bonds is 9. The summed E-state index contributed by atoms with van der Waals surface area (Å²) in [7, 11) is -0.932. The molecule has 2 aromatic rings. The van der Waals surface area contributed by atoms with Crippen LogP contribution in [0.1, 0.15) is 13.8 Å². The number of sulfonamides is 1.